The summed E-state index contributed by atoms with van der Waals surface area (Å²) in [6.45, 7) is 6.03. The molecule has 7 heteroatoms. The number of hydrogen-bond donors (Lipinski definition) is 0. The predicted octanol–water partition coefficient (Wildman–Crippen LogP) is 4.95. The first-order valence-corrected chi connectivity index (χ1v) is 11.5. The third-order valence-electron chi connectivity index (χ3n) is 5.57. The van der Waals surface area contributed by atoms with Crippen molar-refractivity contribution < 1.29 is 9.53 Å². The molecule has 0 aliphatic carbocycles. The molecular formula is C23H26ClN3O2S. The number of thiophene rings is 1. The van der Waals surface area contributed by atoms with E-state index in [0.717, 1.165) is 42.1 Å². The van der Waals surface area contributed by atoms with Crippen molar-refractivity contribution in [3.8, 4) is 5.69 Å². The van der Waals surface area contributed by atoms with Crippen LogP contribution in [0.25, 0.3) is 5.69 Å². The van der Waals surface area contributed by atoms with Crippen molar-refractivity contribution in [2.45, 2.75) is 45.8 Å². The maximum atomic E-state index is 13.3. The molecule has 1 aliphatic heterocycles. The number of carbonyl (C=O) groups excluding carboxylic acids is 1. The van der Waals surface area contributed by atoms with Gasteiger partial charge in [0.25, 0.3) is 0 Å². The number of aromatic nitrogens is 2. The van der Waals surface area contributed by atoms with Crippen LogP contribution in [0.15, 0.2) is 41.8 Å². The molecule has 1 saturated heterocycles. The van der Waals surface area contributed by atoms with Gasteiger partial charge in [0.1, 0.15) is 0 Å². The molecule has 2 aromatic heterocycles. The van der Waals surface area contributed by atoms with Gasteiger partial charge in [-0.2, -0.15) is 5.10 Å². The van der Waals surface area contributed by atoms with Gasteiger partial charge in [-0.3, -0.25) is 4.79 Å². The summed E-state index contributed by atoms with van der Waals surface area (Å²) in [4.78, 5) is 16.5. The summed E-state index contributed by atoms with van der Waals surface area (Å²) in [7, 11) is 0. The number of hydrogen-bond acceptors (Lipinski definition) is 4. The van der Waals surface area contributed by atoms with E-state index in [-0.39, 0.29) is 12.0 Å². The summed E-state index contributed by atoms with van der Waals surface area (Å²) in [6, 6.07) is 11.7. The lowest BCUT2D eigenvalue weighted by molar-refractivity contribution is -0.132. The standard InChI is InChI=1S/C23H26ClN3O2S/c1-16-22(17(2)27(25-16)19-9-7-18(24)8-10-19)13-23(28)26(14-20-5-3-11-29-20)15-21-6-4-12-30-21/h4,6-10,12,20H,3,5,11,13-15H2,1-2H3. The average Bonchev–Trinajstić information content (AvgIpc) is 3.48. The van der Waals surface area contributed by atoms with Gasteiger partial charge in [0.05, 0.1) is 30.5 Å². The molecule has 1 aliphatic rings. The number of aryl methyl sites for hydroxylation is 1. The van der Waals surface area contributed by atoms with E-state index in [1.807, 2.05) is 53.8 Å². The SMILES string of the molecule is Cc1nn(-c2ccc(Cl)cc2)c(C)c1CC(=O)N(Cc1cccs1)CC1CCCO1. The fourth-order valence-electron chi connectivity index (χ4n) is 3.91. The Kier molecular flexibility index (Phi) is 6.56. The predicted molar refractivity (Wildman–Crippen MR) is 120 cm³/mol. The summed E-state index contributed by atoms with van der Waals surface area (Å²) in [5.74, 6) is 0.112. The van der Waals surface area contributed by atoms with Gasteiger partial charge in [0.2, 0.25) is 5.91 Å². The normalized spacial score (nSPS) is 16.2. The Labute approximate surface area is 186 Å². The number of amides is 1. The molecule has 1 atom stereocenters. The van der Waals surface area contributed by atoms with E-state index in [1.165, 1.54) is 4.88 Å². The second-order valence-corrected chi connectivity index (χ2v) is 9.17. The lowest BCUT2D eigenvalue weighted by atomic mass is 10.1. The van der Waals surface area contributed by atoms with E-state index >= 15 is 0 Å². The van der Waals surface area contributed by atoms with Crippen molar-refractivity contribution in [2.75, 3.05) is 13.2 Å². The van der Waals surface area contributed by atoms with Crippen LogP contribution in [0.4, 0.5) is 0 Å². The fourth-order valence-corrected chi connectivity index (χ4v) is 4.75. The number of rotatable bonds is 7. The van der Waals surface area contributed by atoms with Crippen LogP contribution in [0.1, 0.15) is 34.7 Å². The molecule has 0 spiro atoms. The van der Waals surface area contributed by atoms with Gasteiger partial charge in [-0.05, 0) is 62.4 Å². The minimum atomic E-state index is 0.112. The summed E-state index contributed by atoms with van der Waals surface area (Å²) in [6.07, 6.45) is 2.55. The Hall–Kier alpha value is -2.15. The summed E-state index contributed by atoms with van der Waals surface area (Å²) in [5.41, 5.74) is 3.78. The van der Waals surface area contributed by atoms with Gasteiger partial charge in [0, 0.05) is 34.3 Å². The first kappa shape index (κ1) is 21.1. The van der Waals surface area contributed by atoms with Gasteiger partial charge in [-0.1, -0.05) is 17.7 Å². The first-order chi connectivity index (χ1) is 14.5. The molecule has 0 radical (unpaired) electrons. The van der Waals surface area contributed by atoms with Crippen molar-refractivity contribution >= 4 is 28.8 Å². The van der Waals surface area contributed by atoms with Crippen LogP contribution in [0.3, 0.4) is 0 Å². The van der Waals surface area contributed by atoms with Crippen molar-refractivity contribution in [2.24, 2.45) is 0 Å². The summed E-state index contributed by atoms with van der Waals surface area (Å²) in [5, 5.41) is 7.42. The van der Waals surface area contributed by atoms with Gasteiger partial charge >= 0.3 is 0 Å². The van der Waals surface area contributed by atoms with Gasteiger partial charge in [-0.25, -0.2) is 4.68 Å². The van der Waals surface area contributed by atoms with Crippen LogP contribution in [-0.2, 0) is 22.5 Å². The molecule has 1 unspecified atom stereocenters. The minimum Gasteiger partial charge on any atom is -0.376 e. The van der Waals surface area contributed by atoms with Gasteiger partial charge < -0.3 is 9.64 Å². The second-order valence-electron chi connectivity index (χ2n) is 7.70. The maximum absolute atomic E-state index is 13.3. The van der Waals surface area contributed by atoms with Crippen LogP contribution in [-0.4, -0.2) is 39.8 Å². The van der Waals surface area contributed by atoms with Crippen molar-refractivity contribution in [3.63, 3.8) is 0 Å². The number of carbonyl (C=O) groups is 1. The topological polar surface area (TPSA) is 47.4 Å². The van der Waals surface area contributed by atoms with E-state index in [9.17, 15) is 4.79 Å². The Bertz CT molecular complexity index is 992. The molecule has 4 rings (SSSR count). The minimum absolute atomic E-state index is 0.112. The maximum Gasteiger partial charge on any atom is 0.227 e. The molecule has 0 bridgehead atoms. The van der Waals surface area contributed by atoms with E-state index < -0.39 is 0 Å². The van der Waals surface area contributed by atoms with Crippen molar-refractivity contribution in [3.05, 3.63) is 68.6 Å². The number of ether oxygens (including phenoxy) is 1. The highest BCUT2D eigenvalue weighted by Crippen LogP contribution is 2.22. The lowest BCUT2D eigenvalue weighted by Gasteiger charge is -2.25. The number of nitrogens with zero attached hydrogens (tertiary/aromatic N) is 3. The Morgan fingerprint density at radius 2 is 2.10 bits per heavy atom. The smallest absolute Gasteiger partial charge is 0.227 e. The van der Waals surface area contributed by atoms with Crippen LogP contribution in [0.2, 0.25) is 5.02 Å². The highest BCUT2D eigenvalue weighted by molar-refractivity contribution is 7.09. The zero-order chi connectivity index (χ0) is 21.1. The third-order valence-corrected chi connectivity index (χ3v) is 6.68. The molecule has 158 valence electrons. The van der Waals surface area contributed by atoms with E-state index in [0.29, 0.717) is 24.5 Å². The van der Waals surface area contributed by atoms with Crippen LogP contribution < -0.4 is 0 Å². The first-order valence-electron chi connectivity index (χ1n) is 10.2. The Balaban J connectivity index is 1.54. The number of benzene rings is 1. The molecule has 1 amide bonds. The Morgan fingerprint density at radius 1 is 1.30 bits per heavy atom. The average molecular weight is 444 g/mol. The number of halogens is 1. The van der Waals surface area contributed by atoms with Crippen LogP contribution >= 0.6 is 22.9 Å². The fraction of sp³-hybridized carbons (Fsp3) is 0.391. The quantitative estimate of drug-likeness (QED) is 0.518. The molecule has 3 aromatic rings. The third kappa shape index (κ3) is 4.77. The summed E-state index contributed by atoms with van der Waals surface area (Å²) >= 11 is 7.70. The Morgan fingerprint density at radius 3 is 2.77 bits per heavy atom. The summed E-state index contributed by atoms with van der Waals surface area (Å²) < 4.78 is 7.69. The second kappa shape index (κ2) is 9.33. The largest absolute Gasteiger partial charge is 0.376 e. The zero-order valence-corrected chi connectivity index (χ0v) is 18.9. The monoisotopic (exact) mass is 443 g/mol. The highest BCUT2D eigenvalue weighted by Gasteiger charge is 2.25. The highest BCUT2D eigenvalue weighted by atomic mass is 35.5. The van der Waals surface area contributed by atoms with Crippen molar-refractivity contribution in [1.82, 2.24) is 14.7 Å². The zero-order valence-electron chi connectivity index (χ0n) is 17.3. The molecule has 1 fully saturated rings. The molecule has 3 heterocycles. The molecule has 30 heavy (non-hydrogen) atoms. The molecule has 5 nitrogen and oxygen atoms in total. The molecule has 1 aromatic carbocycles. The van der Waals surface area contributed by atoms with Crippen LogP contribution in [0.5, 0.6) is 0 Å². The van der Waals surface area contributed by atoms with Gasteiger partial charge in [-0.15, -0.1) is 11.3 Å². The van der Waals surface area contributed by atoms with E-state index in [4.69, 9.17) is 16.3 Å². The van der Waals surface area contributed by atoms with E-state index in [1.54, 1.807) is 11.3 Å². The van der Waals surface area contributed by atoms with E-state index in [2.05, 4.69) is 16.5 Å². The molecule has 0 saturated carbocycles. The van der Waals surface area contributed by atoms with Gasteiger partial charge in [0.15, 0.2) is 0 Å². The molecule has 0 N–H and O–H groups in total. The van der Waals surface area contributed by atoms with Crippen LogP contribution in [0, 0.1) is 13.8 Å². The van der Waals surface area contributed by atoms with Crippen molar-refractivity contribution in [1.29, 1.82) is 0 Å². The lowest BCUT2D eigenvalue weighted by Crippen LogP contribution is -2.37. The molecular weight excluding hydrogens is 418 g/mol.